The number of rotatable bonds is 3. The maximum absolute atomic E-state index is 9.89. The lowest BCUT2D eigenvalue weighted by Crippen LogP contribution is -2.64. The summed E-state index contributed by atoms with van der Waals surface area (Å²) < 4.78 is 0. The second-order valence-electron chi connectivity index (χ2n) is 3.52. The third kappa shape index (κ3) is 2.38. The van der Waals surface area contributed by atoms with Crippen LogP contribution in [-0.4, -0.2) is 72.7 Å². The van der Waals surface area contributed by atoms with E-state index in [0.29, 0.717) is 0 Å². The van der Waals surface area contributed by atoms with Gasteiger partial charge in [-0.1, -0.05) is 0 Å². The average Bonchev–Trinajstić information content (AvgIpc) is 2.18. The molecule has 0 spiro atoms. The van der Waals surface area contributed by atoms with Crippen LogP contribution in [0.3, 0.4) is 0 Å². The van der Waals surface area contributed by atoms with Crippen molar-refractivity contribution >= 4 is 0 Å². The van der Waals surface area contributed by atoms with E-state index in [0.717, 1.165) is 26.2 Å². The van der Waals surface area contributed by atoms with Crippen molar-refractivity contribution in [3.63, 3.8) is 0 Å². The molecular formula is C8H19N3O2. The molecular weight excluding hydrogens is 170 g/mol. The van der Waals surface area contributed by atoms with Crippen LogP contribution in [0.5, 0.6) is 0 Å². The molecule has 13 heavy (non-hydrogen) atoms. The summed E-state index contributed by atoms with van der Waals surface area (Å²) in [5.74, 6) is -1.25. The van der Waals surface area contributed by atoms with Gasteiger partial charge in [-0.05, 0) is 14.1 Å². The molecule has 0 radical (unpaired) electrons. The van der Waals surface area contributed by atoms with Crippen molar-refractivity contribution in [3.8, 4) is 0 Å². The molecule has 1 aliphatic heterocycles. The van der Waals surface area contributed by atoms with E-state index in [4.69, 9.17) is 5.11 Å². The molecule has 1 aliphatic rings. The van der Waals surface area contributed by atoms with Gasteiger partial charge in [-0.2, -0.15) is 0 Å². The van der Waals surface area contributed by atoms with Gasteiger partial charge in [0.15, 0.2) is 5.85 Å². The Kier molecular flexibility index (Phi) is 3.63. The molecule has 0 aromatic heterocycles. The highest BCUT2D eigenvalue weighted by molar-refractivity contribution is 4.79. The zero-order valence-corrected chi connectivity index (χ0v) is 8.32. The largest absolute Gasteiger partial charge is 0.390 e. The van der Waals surface area contributed by atoms with Gasteiger partial charge in [-0.25, -0.2) is 0 Å². The van der Waals surface area contributed by atoms with Crippen LogP contribution in [0.4, 0.5) is 0 Å². The highest BCUT2D eigenvalue weighted by Crippen LogP contribution is 2.10. The molecule has 1 atom stereocenters. The Balaban J connectivity index is 2.51. The first kappa shape index (κ1) is 10.9. The van der Waals surface area contributed by atoms with Gasteiger partial charge in [-0.15, -0.1) is 0 Å². The molecule has 5 nitrogen and oxygen atoms in total. The van der Waals surface area contributed by atoms with Crippen molar-refractivity contribution < 1.29 is 10.2 Å². The Labute approximate surface area is 78.9 Å². The lowest BCUT2D eigenvalue weighted by atomic mass is 10.2. The standard InChI is InChI=1S/C8H19N3O2/c1-9-8(13,7-12)11-5-3-10(2)4-6-11/h9,12-13H,3-7H2,1-2H3. The predicted octanol–water partition coefficient (Wildman–Crippen LogP) is -1.91. The van der Waals surface area contributed by atoms with Gasteiger partial charge in [0.05, 0.1) is 0 Å². The quantitative estimate of drug-likeness (QED) is 0.452. The number of nitrogens with one attached hydrogen (secondary N) is 1. The van der Waals surface area contributed by atoms with Crippen LogP contribution in [0, 0.1) is 0 Å². The third-order valence-electron chi connectivity index (χ3n) is 2.65. The molecule has 0 aromatic carbocycles. The van der Waals surface area contributed by atoms with Crippen LogP contribution in [0.2, 0.25) is 0 Å². The van der Waals surface area contributed by atoms with Crippen molar-refractivity contribution in [2.24, 2.45) is 0 Å². The van der Waals surface area contributed by atoms with E-state index in [-0.39, 0.29) is 6.61 Å². The zero-order chi connectivity index (χ0) is 9.90. The van der Waals surface area contributed by atoms with E-state index in [1.54, 1.807) is 7.05 Å². The van der Waals surface area contributed by atoms with E-state index >= 15 is 0 Å². The lowest BCUT2D eigenvalue weighted by molar-refractivity contribution is -0.167. The molecule has 1 unspecified atom stereocenters. The van der Waals surface area contributed by atoms with Crippen molar-refractivity contribution in [2.45, 2.75) is 5.85 Å². The summed E-state index contributed by atoms with van der Waals surface area (Å²) in [4.78, 5) is 4.05. The van der Waals surface area contributed by atoms with Gasteiger partial charge in [0.1, 0.15) is 6.61 Å². The Morgan fingerprint density at radius 2 is 1.85 bits per heavy atom. The lowest BCUT2D eigenvalue weighted by Gasteiger charge is -2.42. The topological polar surface area (TPSA) is 59.0 Å². The minimum Gasteiger partial charge on any atom is -0.390 e. The van der Waals surface area contributed by atoms with Gasteiger partial charge < -0.3 is 15.1 Å². The highest BCUT2D eigenvalue weighted by Gasteiger charge is 2.33. The molecule has 1 heterocycles. The molecule has 1 rings (SSSR count). The Morgan fingerprint density at radius 3 is 2.23 bits per heavy atom. The van der Waals surface area contributed by atoms with Crippen LogP contribution in [0.15, 0.2) is 0 Å². The fraction of sp³-hybridized carbons (Fsp3) is 1.00. The number of hydrogen-bond acceptors (Lipinski definition) is 5. The van der Waals surface area contributed by atoms with Crippen LogP contribution in [0.25, 0.3) is 0 Å². The molecule has 1 fully saturated rings. The minimum atomic E-state index is -1.25. The number of aliphatic hydroxyl groups is 2. The number of nitrogens with zero attached hydrogens (tertiary/aromatic N) is 2. The first-order valence-electron chi connectivity index (χ1n) is 4.58. The summed E-state index contributed by atoms with van der Waals surface area (Å²) in [5, 5.41) is 21.6. The van der Waals surface area contributed by atoms with Crippen molar-refractivity contribution in [1.29, 1.82) is 0 Å². The van der Waals surface area contributed by atoms with Crippen LogP contribution >= 0.6 is 0 Å². The minimum absolute atomic E-state index is 0.285. The van der Waals surface area contributed by atoms with E-state index in [2.05, 4.69) is 17.3 Å². The van der Waals surface area contributed by atoms with E-state index in [9.17, 15) is 5.11 Å². The fourth-order valence-electron chi connectivity index (χ4n) is 1.51. The molecule has 0 bridgehead atoms. The SMILES string of the molecule is CNC(O)(CO)N1CCN(C)CC1. The monoisotopic (exact) mass is 189 g/mol. The molecule has 78 valence electrons. The maximum atomic E-state index is 9.89. The first-order valence-corrected chi connectivity index (χ1v) is 4.58. The van der Waals surface area contributed by atoms with E-state index in [1.165, 1.54) is 0 Å². The number of likely N-dealkylation sites (N-methyl/N-ethyl adjacent to an activating group) is 2. The number of hydrogen-bond donors (Lipinski definition) is 3. The second-order valence-corrected chi connectivity index (χ2v) is 3.52. The molecule has 1 saturated heterocycles. The third-order valence-corrected chi connectivity index (χ3v) is 2.65. The number of aliphatic hydroxyl groups excluding tert-OH is 1. The molecule has 3 N–H and O–H groups in total. The summed E-state index contributed by atoms with van der Waals surface area (Å²) in [5.41, 5.74) is 0. The smallest absolute Gasteiger partial charge is 0.198 e. The van der Waals surface area contributed by atoms with Crippen LogP contribution in [-0.2, 0) is 0 Å². The van der Waals surface area contributed by atoms with Gasteiger partial charge >= 0.3 is 0 Å². The normalized spacial score (nSPS) is 25.8. The molecule has 0 aromatic rings. The molecule has 5 heteroatoms. The number of piperazine rings is 1. The van der Waals surface area contributed by atoms with Crippen molar-refractivity contribution in [1.82, 2.24) is 15.1 Å². The summed E-state index contributed by atoms with van der Waals surface area (Å²) >= 11 is 0. The summed E-state index contributed by atoms with van der Waals surface area (Å²) in [7, 11) is 3.70. The van der Waals surface area contributed by atoms with Gasteiger partial charge in [-0.3, -0.25) is 10.2 Å². The van der Waals surface area contributed by atoms with Crippen molar-refractivity contribution in [3.05, 3.63) is 0 Å². The summed E-state index contributed by atoms with van der Waals surface area (Å²) in [6.07, 6.45) is 0. The Morgan fingerprint density at radius 1 is 1.31 bits per heavy atom. The molecule has 0 aliphatic carbocycles. The van der Waals surface area contributed by atoms with E-state index < -0.39 is 5.85 Å². The highest BCUT2D eigenvalue weighted by atomic mass is 16.4. The predicted molar refractivity (Wildman–Crippen MR) is 50.2 cm³/mol. The van der Waals surface area contributed by atoms with E-state index in [1.807, 2.05) is 4.90 Å². The second kappa shape index (κ2) is 4.34. The Bertz CT molecular complexity index is 153. The van der Waals surface area contributed by atoms with Crippen LogP contribution < -0.4 is 5.32 Å². The Hall–Kier alpha value is -0.200. The van der Waals surface area contributed by atoms with Crippen LogP contribution in [0.1, 0.15) is 0 Å². The fourth-order valence-corrected chi connectivity index (χ4v) is 1.51. The van der Waals surface area contributed by atoms with Gasteiger partial charge in [0.25, 0.3) is 0 Å². The van der Waals surface area contributed by atoms with Gasteiger partial charge in [0, 0.05) is 26.2 Å². The molecule has 0 saturated carbocycles. The molecule has 0 amide bonds. The average molecular weight is 189 g/mol. The first-order chi connectivity index (χ1) is 6.12. The summed E-state index contributed by atoms with van der Waals surface area (Å²) in [6, 6.07) is 0. The summed E-state index contributed by atoms with van der Waals surface area (Å²) in [6.45, 7) is 3.10. The van der Waals surface area contributed by atoms with Gasteiger partial charge in [0.2, 0.25) is 0 Å². The maximum Gasteiger partial charge on any atom is 0.198 e. The zero-order valence-electron chi connectivity index (χ0n) is 8.32. The van der Waals surface area contributed by atoms with Crippen molar-refractivity contribution in [2.75, 3.05) is 46.9 Å².